The van der Waals surface area contributed by atoms with Crippen molar-refractivity contribution < 1.29 is 152 Å². The van der Waals surface area contributed by atoms with Gasteiger partial charge in [0.2, 0.25) is 0 Å². The van der Waals surface area contributed by atoms with Crippen LogP contribution < -0.4 is 0 Å². The highest BCUT2D eigenvalue weighted by atomic mass is 19.4. The molecular formula is C44H40F26O8. The molecule has 10 atom stereocenters. The van der Waals surface area contributed by atoms with E-state index >= 15 is 17.6 Å². The van der Waals surface area contributed by atoms with Gasteiger partial charge in [0.05, 0.1) is 12.2 Å². The van der Waals surface area contributed by atoms with Crippen molar-refractivity contribution in [2.75, 3.05) is 0 Å². The van der Waals surface area contributed by atoms with Crippen LogP contribution in [0.5, 0.6) is 0 Å². The molecule has 4 fully saturated rings. The van der Waals surface area contributed by atoms with Gasteiger partial charge in [0.25, 0.3) is 0 Å². The molecule has 0 spiro atoms. The molecule has 0 aromatic heterocycles. The second kappa shape index (κ2) is 20.0. The fraction of sp³-hybridized carbons (Fsp3) is 0.727. The first-order chi connectivity index (χ1) is 35.0. The molecule has 446 valence electrons. The zero-order valence-electron chi connectivity index (χ0n) is 39.5. The second-order valence-electron chi connectivity index (χ2n) is 19.2. The van der Waals surface area contributed by atoms with Crippen molar-refractivity contribution in [2.45, 2.75) is 198 Å². The van der Waals surface area contributed by atoms with Gasteiger partial charge >= 0.3 is 71.6 Å². The third kappa shape index (κ3) is 10.6. The zero-order valence-corrected chi connectivity index (χ0v) is 39.5. The lowest BCUT2D eigenvalue weighted by Gasteiger charge is -2.40. The number of hydrogen-bond donors (Lipinski definition) is 0. The lowest BCUT2D eigenvalue weighted by molar-refractivity contribution is -0.440. The summed E-state index contributed by atoms with van der Waals surface area (Å²) in [5, 5.41) is 0. The minimum absolute atomic E-state index is 0.128. The maximum Gasteiger partial charge on any atom is 0.460 e. The number of alkyl halides is 26. The molecule has 34 heteroatoms. The van der Waals surface area contributed by atoms with Crippen molar-refractivity contribution in [3.05, 3.63) is 71.8 Å². The second-order valence-corrected chi connectivity index (χ2v) is 19.2. The van der Waals surface area contributed by atoms with Gasteiger partial charge in [-0.05, 0) is 51.7 Å². The molecule has 0 N–H and O–H groups in total. The molecule has 0 bridgehead atoms. The summed E-state index contributed by atoms with van der Waals surface area (Å²) in [5.74, 6) is -81.0. The molecule has 6 rings (SSSR count). The van der Waals surface area contributed by atoms with Gasteiger partial charge < -0.3 is 37.9 Å². The van der Waals surface area contributed by atoms with E-state index in [9.17, 15) is 96.6 Å². The first kappa shape index (κ1) is 63.5. The highest BCUT2D eigenvalue weighted by molar-refractivity contribution is 5.26. The summed E-state index contributed by atoms with van der Waals surface area (Å²) in [6.07, 6.45) is -44.4. The number of hydrogen-bond acceptors (Lipinski definition) is 8. The molecule has 4 aliphatic rings. The minimum atomic E-state index is -8.23. The van der Waals surface area contributed by atoms with E-state index in [1.807, 2.05) is 0 Å². The van der Waals surface area contributed by atoms with Gasteiger partial charge in [-0.3, -0.25) is 0 Å². The maximum atomic E-state index is 15.3. The van der Waals surface area contributed by atoms with Crippen LogP contribution in [0.1, 0.15) is 76.7 Å². The average molecular weight is 1190 g/mol. The molecule has 2 aromatic rings. The van der Waals surface area contributed by atoms with Crippen molar-refractivity contribution >= 4 is 0 Å². The Morgan fingerprint density at radius 2 is 0.654 bits per heavy atom. The Balaban J connectivity index is 1.37. The van der Waals surface area contributed by atoms with Gasteiger partial charge in [-0.15, -0.1) is 0 Å². The van der Waals surface area contributed by atoms with Crippen LogP contribution in [0.15, 0.2) is 60.7 Å². The Morgan fingerprint density at radius 3 is 0.923 bits per heavy atom. The van der Waals surface area contributed by atoms with Crippen LogP contribution in [0.3, 0.4) is 0 Å². The number of fused-ring (bicyclic) bond motifs is 2. The summed E-state index contributed by atoms with van der Waals surface area (Å²) in [5.41, 5.74) is -0.256. The van der Waals surface area contributed by atoms with E-state index in [0.29, 0.717) is 0 Å². The SMILES string of the molecule is CC1(C)O[C@H]2O[C@H](CCC(F)(F)C(F)(F)C(F)(F)C(F)(F)C(F)(F)C(F)(F)F)[C@H](O[C@H](c3ccccc3)[C@H](O[C@@H]3[C@H]4OC(C)(C)O[C@H]4O[C@@H]3CCC(F)(F)C(F)(F)C(F)(F)C(F)(F)C(F)(F)C(F)(F)F)c3ccccc3)[C@H]2O1. The molecular weight excluding hydrogens is 1150 g/mol. The highest BCUT2D eigenvalue weighted by Gasteiger charge is 2.92. The highest BCUT2D eigenvalue weighted by Crippen LogP contribution is 2.63. The molecule has 0 saturated carbocycles. The lowest BCUT2D eigenvalue weighted by Crippen LogP contribution is -2.70. The van der Waals surface area contributed by atoms with E-state index < -0.39 is 170 Å². The Labute approximate surface area is 421 Å². The normalized spacial score (nSPS) is 27.7. The number of benzene rings is 2. The predicted octanol–water partition coefficient (Wildman–Crippen LogP) is 14.0. The summed E-state index contributed by atoms with van der Waals surface area (Å²) in [4.78, 5) is 0. The minimum Gasteiger partial charge on any atom is -0.362 e. The van der Waals surface area contributed by atoms with E-state index in [-0.39, 0.29) is 11.1 Å². The summed E-state index contributed by atoms with van der Waals surface area (Å²) >= 11 is 0. The van der Waals surface area contributed by atoms with E-state index in [1.54, 1.807) is 0 Å². The third-order valence-corrected chi connectivity index (χ3v) is 12.8. The van der Waals surface area contributed by atoms with Gasteiger partial charge in [0.15, 0.2) is 24.2 Å². The quantitative estimate of drug-likeness (QED) is 0.115. The smallest absolute Gasteiger partial charge is 0.362 e. The first-order valence-corrected chi connectivity index (χ1v) is 22.3. The van der Waals surface area contributed by atoms with E-state index in [1.165, 1.54) is 88.4 Å². The van der Waals surface area contributed by atoms with Crippen LogP contribution in [-0.4, -0.2) is 132 Å². The first-order valence-electron chi connectivity index (χ1n) is 22.3. The van der Waals surface area contributed by atoms with E-state index in [4.69, 9.17) is 37.9 Å². The van der Waals surface area contributed by atoms with Crippen molar-refractivity contribution in [3.8, 4) is 0 Å². The lowest BCUT2D eigenvalue weighted by atomic mass is 9.90. The van der Waals surface area contributed by atoms with Gasteiger partial charge in [-0.1, -0.05) is 60.7 Å². The summed E-state index contributed by atoms with van der Waals surface area (Å²) in [6, 6.07) is 12.7. The molecule has 0 aliphatic carbocycles. The van der Waals surface area contributed by atoms with E-state index in [0.717, 1.165) is 0 Å². The molecule has 0 unspecified atom stereocenters. The molecule has 4 heterocycles. The van der Waals surface area contributed by atoms with Crippen LogP contribution in [0.2, 0.25) is 0 Å². The van der Waals surface area contributed by atoms with Crippen LogP contribution in [0, 0.1) is 0 Å². The molecule has 0 amide bonds. The standard InChI is InChI=1S/C44H40F26O8/c1-31(2)75-27-25(21(71-29(27)77-31)15-17-33(45,46)35(49,50)37(53,54)39(57,58)41(61,62)43(65,66)67)73-23(19-11-7-5-8-12-19)24(20-13-9-6-10-14-20)74-26-22(72-30-28(26)76-32(3,4)78-30)16-18-34(47,48)36(51,52)38(55,56)40(59,60)42(63,64)44(68,69)70/h5-14,21-30H,15-18H2,1-4H3/t21-,22-,23-,24-,25+,26+,27-,28-,29-,30-/m1/s1. The van der Waals surface area contributed by atoms with Crippen LogP contribution in [0.4, 0.5) is 114 Å². The van der Waals surface area contributed by atoms with Crippen molar-refractivity contribution in [1.82, 2.24) is 0 Å². The summed E-state index contributed by atoms with van der Waals surface area (Å²) in [7, 11) is 0. The fourth-order valence-corrected chi connectivity index (χ4v) is 8.73. The molecule has 8 nitrogen and oxygen atoms in total. The number of ether oxygens (including phenoxy) is 8. The summed E-state index contributed by atoms with van der Waals surface area (Å²) in [6.45, 7) is 4.80. The Morgan fingerprint density at radius 1 is 0.385 bits per heavy atom. The van der Waals surface area contributed by atoms with Gasteiger partial charge in [-0.25, -0.2) is 0 Å². The van der Waals surface area contributed by atoms with Crippen LogP contribution in [-0.2, 0) is 37.9 Å². The van der Waals surface area contributed by atoms with Crippen molar-refractivity contribution in [2.24, 2.45) is 0 Å². The summed E-state index contributed by atoms with van der Waals surface area (Å²) < 4.78 is 412. The van der Waals surface area contributed by atoms with Gasteiger partial charge in [-0.2, -0.15) is 114 Å². The molecule has 4 aliphatic heterocycles. The monoisotopic (exact) mass is 1190 g/mol. The van der Waals surface area contributed by atoms with Crippen molar-refractivity contribution in [1.29, 1.82) is 0 Å². The topological polar surface area (TPSA) is 73.8 Å². The fourth-order valence-electron chi connectivity index (χ4n) is 8.73. The third-order valence-electron chi connectivity index (χ3n) is 12.8. The predicted molar refractivity (Wildman–Crippen MR) is 206 cm³/mol. The Hall–Kier alpha value is -3.70. The van der Waals surface area contributed by atoms with Crippen LogP contribution >= 0.6 is 0 Å². The average Bonchev–Trinajstić information content (AvgIpc) is 3.98. The zero-order chi connectivity index (χ0) is 59.5. The van der Waals surface area contributed by atoms with Gasteiger partial charge in [0.1, 0.15) is 36.6 Å². The number of halogens is 26. The van der Waals surface area contributed by atoms with Crippen molar-refractivity contribution in [3.63, 3.8) is 0 Å². The number of rotatable bonds is 21. The van der Waals surface area contributed by atoms with E-state index in [2.05, 4.69) is 0 Å². The molecule has 2 aromatic carbocycles. The maximum absolute atomic E-state index is 15.3. The van der Waals surface area contributed by atoms with Crippen LogP contribution in [0.25, 0.3) is 0 Å². The Bertz CT molecular complexity index is 2220. The largest absolute Gasteiger partial charge is 0.460 e. The Kier molecular flexibility index (Phi) is 16.3. The molecule has 4 saturated heterocycles. The molecule has 0 radical (unpaired) electrons. The van der Waals surface area contributed by atoms with Gasteiger partial charge in [0, 0.05) is 12.8 Å². The molecule has 78 heavy (non-hydrogen) atoms.